The van der Waals surface area contributed by atoms with Crippen LogP contribution in [0.25, 0.3) is 0 Å². The largest absolute Gasteiger partial charge is 0.444 e. The molecule has 0 aromatic heterocycles. The van der Waals surface area contributed by atoms with Crippen molar-refractivity contribution in [1.29, 1.82) is 0 Å². The zero-order chi connectivity index (χ0) is 22.6. The van der Waals surface area contributed by atoms with Crippen LogP contribution in [-0.2, 0) is 9.47 Å². The molecule has 0 radical (unpaired) electrons. The van der Waals surface area contributed by atoms with E-state index < -0.39 is 5.60 Å². The van der Waals surface area contributed by atoms with Gasteiger partial charge in [0.1, 0.15) is 5.60 Å². The minimum atomic E-state index is -0.515. The number of nitrogens with one attached hydrogen (secondary N) is 1. The summed E-state index contributed by atoms with van der Waals surface area (Å²) < 4.78 is 11.3. The number of carbonyl (C=O) groups is 2. The number of morpholine rings is 1. The molecule has 0 unspecified atom stereocenters. The van der Waals surface area contributed by atoms with Crippen molar-refractivity contribution in [2.24, 2.45) is 0 Å². The topological polar surface area (TPSA) is 74.3 Å². The average molecular weight is 473 g/mol. The Morgan fingerprint density at radius 1 is 1.10 bits per heavy atom. The van der Waals surface area contributed by atoms with Gasteiger partial charge in [-0.05, 0) is 39.0 Å². The molecule has 2 fully saturated rings. The van der Waals surface area contributed by atoms with Gasteiger partial charge in [0, 0.05) is 45.0 Å². The Morgan fingerprint density at radius 3 is 2.45 bits per heavy atom. The van der Waals surface area contributed by atoms with Crippen LogP contribution in [0.5, 0.6) is 0 Å². The molecule has 0 spiro atoms. The summed E-state index contributed by atoms with van der Waals surface area (Å²) in [5.74, 6) is 0. The molecule has 31 heavy (non-hydrogen) atoms. The third-order valence-corrected chi connectivity index (χ3v) is 5.82. The molecule has 10 heteroatoms. The van der Waals surface area contributed by atoms with Gasteiger partial charge in [0.25, 0.3) is 0 Å². The minimum Gasteiger partial charge on any atom is -0.444 e. The summed E-state index contributed by atoms with van der Waals surface area (Å²) in [6.45, 7) is 10.5. The standard InChI is InChI=1S/C21H30Cl2N4O4/c1-21(2,3)31-20(29)27-10-11-30-16(14-27)13-25-6-8-26(9-7-25)19(28)24-15-4-5-17(22)18(23)12-15/h4-5,12,16H,6-11,13-14H2,1-3H3,(H,24,28)/t16-/m0/s1. The molecule has 0 bridgehead atoms. The maximum absolute atomic E-state index is 12.5. The number of ether oxygens (including phenoxy) is 2. The molecular formula is C21H30Cl2N4O4. The second-order valence-electron chi connectivity index (χ2n) is 8.77. The van der Waals surface area contributed by atoms with Crippen LogP contribution >= 0.6 is 23.2 Å². The maximum atomic E-state index is 12.5. The zero-order valence-corrected chi connectivity index (χ0v) is 19.7. The predicted molar refractivity (Wildman–Crippen MR) is 121 cm³/mol. The molecule has 2 saturated heterocycles. The number of hydrogen-bond acceptors (Lipinski definition) is 5. The molecule has 0 aliphatic carbocycles. The van der Waals surface area contributed by atoms with Crippen molar-refractivity contribution < 1.29 is 19.1 Å². The van der Waals surface area contributed by atoms with Crippen molar-refractivity contribution in [3.05, 3.63) is 28.2 Å². The van der Waals surface area contributed by atoms with E-state index in [1.54, 1.807) is 28.0 Å². The molecule has 1 aromatic rings. The number of nitrogens with zero attached hydrogens (tertiary/aromatic N) is 3. The first-order valence-electron chi connectivity index (χ1n) is 10.4. The van der Waals surface area contributed by atoms with E-state index >= 15 is 0 Å². The summed E-state index contributed by atoms with van der Waals surface area (Å²) in [5, 5.41) is 3.70. The van der Waals surface area contributed by atoms with Crippen LogP contribution in [0, 0.1) is 0 Å². The molecule has 1 aromatic carbocycles. The number of anilines is 1. The van der Waals surface area contributed by atoms with Crippen LogP contribution in [0.2, 0.25) is 10.0 Å². The number of benzene rings is 1. The monoisotopic (exact) mass is 472 g/mol. The molecule has 1 atom stereocenters. The molecule has 3 rings (SSSR count). The van der Waals surface area contributed by atoms with E-state index in [0.29, 0.717) is 55.1 Å². The molecule has 2 heterocycles. The van der Waals surface area contributed by atoms with Gasteiger partial charge in [-0.1, -0.05) is 23.2 Å². The first-order valence-corrected chi connectivity index (χ1v) is 11.2. The molecule has 8 nitrogen and oxygen atoms in total. The highest BCUT2D eigenvalue weighted by atomic mass is 35.5. The lowest BCUT2D eigenvalue weighted by molar-refractivity contribution is -0.0547. The van der Waals surface area contributed by atoms with Gasteiger partial charge in [-0.25, -0.2) is 9.59 Å². The fraction of sp³-hybridized carbons (Fsp3) is 0.619. The number of halogens is 2. The first kappa shape index (κ1) is 23.9. The third-order valence-electron chi connectivity index (χ3n) is 5.08. The molecular weight excluding hydrogens is 443 g/mol. The Hall–Kier alpha value is -1.74. The van der Waals surface area contributed by atoms with Gasteiger partial charge in [-0.3, -0.25) is 4.90 Å². The van der Waals surface area contributed by atoms with Crippen LogP contribution < -0.4 is 5.32 Å². The number of rotatable bonds is 3. The molecule has 2 aliphatic rings. The summed E-state index contributed by atoms with van der Waals surface area (Å²) >= 11 is 11.9. The van der Waals surface area contributed by atoms with Crippen molar-refractivity contribution in [1.82, 2.24) is 14.7 Å². The lowest BCUT2D eigenvalue weighted by Gasteiger charge is -2.39. The Labute approximate surface area is 193 Å². The SMILES string of the molecule is CC(C)(C)OC(=O)N1CCO[C@@H](CN2CCN(C(=O)Nc3ccc(Cl)c(Cl)c3)CC2)C1. The molecule has 1 N–H and O–H groups in total. The van der Waals surface area contributed by atoms with Gasteiger partial charge in [0.05, 0.1) is 29.3 Å². The number of urea groups is 1. The van der Waals surface area contributed by atoms with Gasteiger partial charge in [0.15, 0.2) is 0 Å². The van der Waals surface area contributed by atoms with E-state index in [1.807, 2.05) is 20.8 Å². The first-order chi connectivity index (χ1) is 14.6. The Bertz CT molecular complexity index is 794. The lowest BCUT2D eigenvalue weighted by Crippen LogP contribution is -2.55. The van der Waals surface area contributed by atoms with Crippen LogP contribution in [0.15, 0.2) is 18.2 Å². The number of hydrogen-bond donors (Lipinski definition) is 1. The summed E-state index contributed by atoms with van der Waals surface area (Å²) in [5.41, 5.74) is 0.0961. The fourth-order valence-corrected chi connectivity index (χ4v) is 3.82. The van der Waals surface area contributed by atoms with Gasteiger partial charge < -0.3 is 24.6 Å². The third kappa shape index (κ3) is 7.14. The number of carbonyl (C=O) groups excluding carboxylic acids is 2. The van der Waals surface area contributed by atoms with E-state index in [-0.39, 0.29) is 18.2 Å². The number of piperazine rings is 1. The van der Waals surface area contributed by atoms with Crippen LogP contribution in [0.3, 0.4) is 0 Å². The summed E-state index contributed by atoms with van der Waals surface area (Å²) in [7, 11) is 0. The van der Waals surface area contributed by atoms with Crippen molar-refractivity contribution >= 4 is 41.0 Å². The highest BCUT2D eigenvalue weighted by Gasteiger charge is 2.30. The lowest BCUT2D eigenvalue weighted by atomic mass is 10.2. The minimum absolute atomic E-state index is 0.0714. The molecule has 0 saturated carbocycles. The van der Waals surface area contributed by atoms with E-state index in [2.05, 4.69) is 10.2 Å². The van der Waals surface area contributed by atoms with Gasteiger partial charge in [-0.15, -0.1) is 0 Å². The van der Waals surface area contributed by atoms with E-state index in [4.69, 9.17) is 32.7 Å². The zero-order valence-electron chi connectivity index (χ0n) is 18.2. The van der Waals surface area contributed by atoms with Crippen molar-refractivity contribution in [2.75, 3.05) is 57.7 Å². The van der Waals surface area contributed by atoms with Gasteiger partial charge >= 0.3 is 12.1 Å². The Morgan fingerprint density at radius 2 is 1.81 bits per heavy atom. The molecule has 3 amide bonds. The normalized spacial score (nSPS) is 20.5. The summed E-state index contributed by atoms with van der Waals surface area (Å²) in [4.78, 5) is 30.6. The van der Waals surface area contributed by atoms with Crippen LogP contribution in [-0.4, -0.2) is 90.9 Å². The summed E-state index contributed by atoms with van der Waals surface area (Å²) in [6.07, 6.45) is -0.373. The van der Waals surface area contributed by atoms with E-state index in [1.165, 1.54) is 0 Å². The molecule has 172 valence electrons. The fourth-order valence-electron chi connectivity index (χ4n) is 3.52. The Kier molecular flexibility index (Phi) is 7.91. The smallest absolute Gasteiger partial charge is 0.410 e. The quantitative estimate of drug-likeness (QED) is 0.724. The van der Waals surface area contributed by atoms with E-state index in [9.17, 15) is 9.59 Å². The highest BCUT2D eigenvalue weighted by molar-refractivity contribution is 6.42. The van der Waals surface area contributed by atoms with E-state index in [0.717, 1.165) is 13.1 Å². The highest BCUT2D eigenvalue weighted by Crippen LogP contribution is 2.25. The summed E-state index contributed by atoms with van der Waals surface area (Å²) in [6, 6.07) is 4.85. The average Bonchev–Trinajstić information content (AvgIpc) is 2.70. The van der Waals surface area contributed by atoms with Crippen molar-refractivity contribution in [3.8, 4) is 0 Å². The van der Waals surface area contributed by atoms with Gasteiger partial charge in [0.2, 0.25) is 0 Å². The second-order valence-corrected chi connectivity index (χ2v) is 9.58. The second kappa shape index (κ2) is 10.3. The maximum Gasteiger partial charge on any atom is 0.410 e. The molecule has 2 aliphatic heterocycles. The van der Waals surface area contributed by atoms with Crippen molar-refractivity contribution in [3.63, 3.8) is 0 Å². The van der Waals surface area contributed by atoms with Crippen LogP contribution in [0.4, 0.5) is 15.3 Å². The Balaban J connectivity index is 1.43. The number of amides is 3. The van der Waals surface area contributed by atoms with Crippen molar-refractivity contribution in [2.45, 2.75) is 32.5 Å². The predicted octanol–water partition coefficient (Wildman–Crippen LogP) is 3.78. The van der Waals surface area contributed by atoms with Crippen LogP contribution in [0.1, 0.15) is 20.8 Å². The van der Waals surface area contributed by atoms with Gasteiger partial charge in [-0.2, -0.15) is 0 Å².